The lowest BCUT2D eigenvalue weighted by atomic mass is 9.84. The van der Waals surface area contributed by atoms with E-state index in [1.807, 2.05) is 39.5 Å². The molecule has 2 aliphatic carbocycles. The minimum atomic E-state index is -0.606. The van der Waals surface area contributed by atoms with Gasteiger partial charge in [-0.1, -0.05) is 0 Å². The van der Waals surface area contributed by atoms with Crippen LogP contribution in [-0.2, 0) is 55.6 Å². The predicted octanol–water partition coefficient (Wildman–Crippen LogP) is 7.54. The van der Waals surface area contributed by atoms with Crippen LogP contribution in [0.15, 0.2) is 24.3 Å². The molecule has 12 heteroatoms. The third kappa shape index (κ3) is 6.37. The van der Waals surface area contributed by atoms with Crippen molar-refractivity contribution in [2.24, 2.45) is 0 Å². The van der Waals surface area contributed by atoms with Gasteiger partial charge in [-0.25, -0.2) is 0 Å². The summed E-state index contributed by atoms with van der Waals surface area (Å²) in [6, 6.07) is 8.77. The summed E-state index contributed by atoms with van der Waals surface area (Å²) >= 11 is 0. The van der Waals surface area contributed by atoms with E-state index >= 15 is 0 Å². The van der Waals surface area contributed by atoms with Gasteiger partial charge in [-0.15, -0.1) is 0 Å². The SMILES string of the molecule is CCN1C(=O)C(C)(C)c2cc3[nH]c4c(c3cc21)CCc1c-4n[nH]c1C.COCCOCCN(C)c1cc2c3c([nH]c2cc1C(C)(C)C=O)-c1n[nH]c(C)c1CCC3. The molecule has 0 unspecified atom stereocenters. The first-order chi connectivity index (χ1) is 27.3. The van der Waals surface area contributed by atoms with Gasteiger partial charge in [-0.05, 0) is 127 Å². The quantitative estimate of drug-likeness (QED) is 0.0831. The van der Waals surface area contributed by atoms with E-state index in [1.165, 1.54) is 33.0 Å². The maximum Gasteiger partial charge on any atom is 0.237 e. The van der Waals surface area contributed by atoms with Crippen LogP contribution in [0.3, 0.4) is 0 Å². The van der Waals surface area contributed by atoms with E-state index in [1.54, 1.807) is 7.11 Å². The first-order valence-electron chi connectivity index (χ1n) is 20.3. The molecule has 1 amide bonds. The highest BCUT2D eigenvalue weighted by Gasteiger charge is 2.44. The number of hydrogen-bond acceptors (Lipinski definition) is 7. The van der Waals surface area contributed by atoms with Crippen molar-refractivity contribution in [1.29, 1.82) is 0 Å². The van der Waals surface area contributed by atoms with Gasteiger partial charge < -0.3 is 34.0 Å². The second kappa shape index (κ2) is 14.6. The van der Waals surface area contributed by atoms with Gasteiger partial charge in [-0.3, -0.25) is 15.0 Å². The first-order valence-corrected chi connectivity index (χ1v) is 20.3. The fourth-order valence-electron chi connectivity index (χ4n) is 9.18. The Morgan fingerprint density at radius 3 is 2.11 bits per heavy atom. The molecule has 0 radical (unpaired) electrons. The number of ether oxygens (including phenoxy) is 2. The number of aldehydes is 1. The highest BCUT2D eigenvalue weighted by atomic mass is 16.5. The summed E-state index contributed by atoms with van der Waals surface area (Å²) in [5.74, 6) is 0.191. The summed E-state index contributed by atoms with van der Waals surface area (Å²) in [7, 11) is 3.73. The zero-order chi connectivity index (χ0) is 40.4. The molecule has 300 valence electrons. The molecule has 4 aromatic heterocycles. The molecular weight excluding hydrogens is 717 g/mol. The Hall–Kier alpha value is -5.20. The number of likely N-dealkylation sites (N-methyl/N-ethyl adjacent to an activating group) is 2. The van der Waals surface area contributed by atoms with E-state index in [0.29, 0.717) is 26.4 Å². The van der Waals surface area contributed by atoms with Crippen molar-refractivity contribution in [2.45, 2.75) is 91.4 Å². The van der Waals surface area contributed by atoms with Crippen LogP contribution in [0.4, 0.5) is 11.4 Å². The van der Waals surface area contributed by atoms with Crippen molar-refractivity contribution in [3.8, 4) is 22.8 Å². The molecule has 4 N–H and O–H groups in total. The van der Waals surface area contributed by atoms with Crippen LogP contribution in [0.25, 0.3) is 44.6 Å². The number of nitrogens with one attached hydrogen (secondary N) is 4. The van der Waals surface area contributed by atoms with E-state index < -0.39 is 10.8 Å². The average Bonchev–Trinajstić information content (AvgIpc) is 3.97. The van der Waals surface area contributed by atoms with Crippen LogP contribution in [-0.4, -0.2) is 89.6 Å². The largest absolute Gasteiger partial charge is 0.382 e. The van der Waals surface area contributed by atoms with Gasteiger partial charge in [0.25, 0.3) is 0 Å². The van der Waals surface area contributed by atoms with Gasteiger partial charge in [0.2, 0.25) is 5.91 Å². The monoisotopic (exact) mass is 772 g/mol. The Kier molecular flexibility index (Phi) is 9.92. The van der Waals surface area contributed by atoms with E-state index in [4.69, 9.17) is 9.47 Å². The number of H-pyrrole nitrogens is 4. The van der Waals surface area contributed by atoms with Crippen molar-refractivity contribution in [2.75, 3.05) is 56.9 Å². The highest BCUT2D eigenvalue weighted by Crippen LogP contribution is 2.46. The summed E-state index contributed by atoms with van der Waals surface area (Å²) < 4.78 is 10.7. The average molecular weight is 773 g/mol. The van der Waals surface area contributed by atoms with Crippen molar-refractivity contribution in [1.82, 2.24) is 30.4 Å². The molecule has 57 heavy (non-hydrogen) atoms. The molecular formula is C45H56N8O4. The van der Waals surface area contributed by atoms with E-state index in [9.17, 15) is 9.59 Å². The van der Waals surface area contributed by atoms with Crippen molar-refractivity contribution < 1.29 is 19.1 Å². The van der Waals surface area contributed by atoms with Gasteiger partial charge in [0.1, 0.15) is 17.7 Å². The highest BCUT2D eigenvalue weighted by molar-refractivity contribution is 6.10. The first kappa shape index (κ1) is 38.7. The lowest BCUT2D eigenvalue weighted by molar-refractivity contribution is -0.122. The number of amides is 1. The fraction of sp³-hybridized carbons (Fsp3) is 0.467. The fourth-order valence-corrected chi connectivity index (χ4v) is 9.18. The van der Waals surface area contributed by atoms with Crippen LogP contribution < -0.4 is 9.80 Å². The predicted molar refractivity (Wildman–Crippen MR) is 227 cm³/mol. The van der Waals surface area contributed by atoms with Crippen molar-refractivity contribution in [3.63, 3.8) is 0 Å². The van der Waals surface area contributed by atoms with E-state index in [-0.39, 0.29) is 5.91 Å². The number of aryl methyl sites for hydroxylation is 4. The maximum absolute atomic E-state index is 12.8. The second-order valence-electron chi connectivity index (χ2n) is 17.0. The minimum absolute atomic E-state index is 0.191. The number of carbonyl (C=O) groups excluding carboxylic acids is 2. The van der Waals surface area contributed by atoms with Gasteiger partial charge in [0.15, 0.2) is 0 Å². The van der Waals surface area contributed by atoms with Crippen LogP contribution in [0.1, 0.15) is 85.8 Å². The molecule has 5 heterocycles. The molecule has 3 aliphatic rings. The van der Waals surface area contributed by atoms with Crippen LogP contribution in [0.2, 0.25) is 0 Å². The summed E-state index contributed by atoms with van der Waals surface area (Å²) in [5, 5.41) is 17.8. The number of benzene rings is 2. The molecule has 0 saturated heterocycles. The van der Waals surface area contributed by atoms with Gasteiger partial charge in [-0.2, -0.15) is 10.2 Å². The minimum Gasteiger partial charge on any atom is -0.382 e. The second-order valence-corrected chi connectivity index (χ2v) is 17.0. The normalized spacial score (nSPS) is 15.5. The van der Waals surface area contributed by atoms with Gasteiger partial charge in [0.05, 0.1) is 36.6 Å². The zero-order valence-corrected chi connectivity index (χ0v) is 34.9. The summed E-state index contributed by atoms with van der Waals surface area (Å²) in [4.78, 5) is 36.1. The Bertz CT molecular complexity index is 2510. The van der Waals surface area contributed by atoms with Crippen molar-refractivity contribution in [3.05, 3.63) is 69.0 Å². The number of carbonyl (C=O) groups is 2. The molecule has 0 atom stereocenters. The molecule has 0 saturated carbocycles. The topological polar surface area (TPSA) is 148 Å². The maximum atomic E-state index is 12.8. The number of hydrogen-bond donors (Lipinski definition) is 4. The molecule has 6 aromatic rings. The Labute approximate surface area is 334 Å². The number of aromatic nitrogens is 6. The number of anilines is 2. The van der Waals surface area contributed by atoms with Crippen LogP contribution in [0.5, 0.6) is 0 Å². The molecule has 2 aromatic carbocycles. The number of methoxy groups -OCH3 is 1. The molecule has 12 nitrogen and oxygen atoms in total. The number of fused-ring (bicyclic) bond motifs is 11. The summed E-state index contributed by atoms with van der Waals surface area (Å²) in [6.07, 6.45) is 6.17. The third-order valence-corrected chi connectivity index (χ3v) is 12.6. The van der Waals surface area contributed by atoms with Crippen LogP contribution in [0, 0.1) is 13.8 Å². The number of aromatic amines is 4. The molecule has 0 fully saturated rings. The zero-order valence-electron chi connectivity index (χ0n) is 34.9. The summed E-state index contributed by atoms with van der Waals surface area (Å²) in [6.45, 7) is 17.4. The smallest absolute Gasteiger partial charge is 0.237 e. The van der Waals surface area contributed by atoms with Crippen molar-refractivity contribution >= 4 is 45.4 Å². The Morgan fingerprint density at radius 2 is 1.46 bits per heavy atom. The van der Waals surface area contributed by atoms with E-state index in [2.05, 4.69) is 80.4 Å². The van der Waals surface area contributed by atoms with Crippen LogP contribution >= 0.6 is 0 Å². The lowest BCUT2D eigenvalue weighted by Crippen LogP contribution is -2.35. The third-order valence-electron chi connectivity index (χ3n) is 12.6. The van der Waals surface area contributed by atoms with Gasteiger partial charge in [0, 0.05) is 88.4 Å². The molecule has 0 spiro atoms. The standard InChI is InChI=1S/C25H34N4O3.C20H22N4O/c1-16-17-7-6-8-18-19-13-22(29(4)9-10-32-12-11-31-5)20(25(2,3)15-30)14-21(19)26-23(18)24(17)28-27-16;1-5-24-16-8-13-12-7-6-11-10(2)22-23-18(11)17(12)21-15(13)9-14(16)20(3,4)19(24)25/h13-15,26H,6-12H2,1-5H3,(H,27,28);8-9,21H,5-7H2,1-4H3,(H,22,23). The van der Waals surface area contributed by atoms with Gasteiger partial charge >= 0.3 is 0 Å². The van der Waals surface area contributed by atoms with E-state index in [0.717, 1.165) is 113 Å². The number of nitrogens with zero attached hydrogens (tertiary/aromatic N) is 4. The number of rotatable bonds is 10. The Balaban J connectivity index is 0.000000164. The molecule has 1 aliphatic heterocycles. The molecule has 9 rings (SSSR count). The molecule has 0 bridgehead atoms. The summed E-state index contributed by atoms with van der Waals surface area (Å²) in [5.41, 5.74) is 17.2. The lowest BCUT2D eigenvalue weighted by Gasteiger charge is -2.28. The Morgan fingerprint density at radius 1 is 0.860 bits per heavy atom.